The van der Waals surface area contributed by atoms with Crippen molar-refractivity contribution in [3.05, 3.63) is 15.6 Å². The van der Waals surface area contributed by atoms with Crippen molar-refractivity contribution in [2.75, 3.05) is 27.4 Å². The molecule has 0 aromatic carbocycles. The average molecular weight is 258 g/mol. The van der Waals surface area contributed by atoms with Crippen LogP contribution in [0.4, 0.5) is 0 Å². The average Bonchev–Trinajstić information content (AvgIpc) is 2.68. The summed E-state index contributed by atoms with van der Waals surface area (Å²) in [5, 5.41) is 4.43. The van der Waals surface area contributed by atoms with Gasteiger partial charge in [0.15, 0.2) is 0 Å². The molecule has 1 aromatic heterocycles. The van der Waals surface area contributed by atoms with Crippen molar-refractivity contribution in [2.24, 2.45) is 0 Å². The smallest absolute Gasteiger partial charge is 0.119 e. The number of methoxy groups -OCH3 is 2. The van der Waals surface area contributed by atoms with E-state index in [2.05, 4.69) is 17.2 Å². The van der Waals surface area contributed by atoms with Crippen LogP contribution in [-0.4, -0.2) is 32.4 Å². The summed E-state index contributed by atoms with van der Waals surface area (Å²) in [7, 11) is 3.42. The number of nitrogens with zero attached hydrogens (tertiary/aromatic N) is 1. The fourth-order valence-corrected chi connectivity index (χ4v) is 2.63. The highest BCUT2D eigenvalue weighted by atomic mass is 32.1. The summed E-state index contributed by atoms with van der Waals surface area (Å²) in [6, 6.07) is 0. The summed E-state index contributed by atoms with van der Waals surface area (Å²) < 4.78 is 10.1. The van der Waals surface area contributed by atoms with Gasteiger partial charge >= 0.3 is 0 Å². The van der Waals surface area contributed by atoms with E-state index in [-0.39, 0.29) is 0 Å². The van der Waals surface area contributed by atoms with Gasteiger partial charge in [-0.3, -0.25) is 0 Å². The number of hydrogen-bond acceptors (Lipinski definition) is 5. The number of aromatic nitrogens is 1. The van der Waals surface area contributed by atoms with Crippen molar-refractivity contribution in [3.63, 3.8) is 0 Å². The first-order valence-corrected chi connectivity index (χ1v) is 6.79. The topological polar surface area (TPSA) is 43.4 Å². The van der Waals surface area contributed by atoms with Crippen LogP contribution in [0.25, 0.3) is 0 Å². The highest BCUT2D eigenvalue weighted by Gasteiger charge is 2.09. The lowest BCUT2D eigenvalue weighted by Crippen LogP contribution is -2.18. The molecule has 4 nitrogen and oxygen atoms in total. The van der Waals surface area contributed by atoms with Crippen LogP contribution in [0.5, 0.6) is 0 Å². The Morgan fingerprint density at radius 1 is 1.29 bits per heavy atom. The normalized spacial score (nSPS) is 11.0. The summed E-state index contributed by atoms with van der Waals surface area (Å²) in [5.74, 6) is 0. The Morgan fingerprint density at radius 2 is 2.12 bits per heavy atom. The molecule has 0 fully saturated rings. The second kappa shape index (κ2) is 8.58. The molecule has 5 heteroatoms. The van der Waals surface area contributed by atoms with E-state index in [1.165, 1.54) is 10.6 Å². The highest BCUT2D eigenvalue weighted by molar-refractivity contribution is 7.11. The van der Waals surface area contributed by atoms with E-state index in [1.54, 1.807) is 25.6 Å². The number of hydrogen-bond donors (Lipinski definition) is 1. The second-order valence-corrected chi connectivity index (χ2v) is 5.00. The minimum atomic E-state index is 0.611. The number of ether oxygens (including phenoxy) is 2. The zero-order valence-corrected chi connectivity index (χ0v) is 11.7. The Morgan fingerprint density at radius 3 is 2.76 bits per heavy atom. The number of thiazole rings is 1. The summed E-state index contributed by atoms with van der Waals surface area (Å²) >= 11 is 1.74. The third kappa shape index (κ3) is 5.12. The van der Waals surface area contributed by atoms with Crippen LogP contribution in [0, 0.1) is 0 Å². The van der Waals surface area contributed by atoms with Gasteiger partial charge in [0.05, 0.1) is 18.9 Å². The summed E-state index contributed by atoms with van der Waals surface area (Å²) in [6.45, 7) is 5.28. The van der Waals surface area contributed by atoms with Gasteiger partial charge in [-0.25, -0.2) is 4.98 Å². The zero-order chi connectivity index (χ0) is 12.5. The molecule has 1 N–H and O–H groups in total. The maximum absolute atomic E-state index is 5.12. The van der Waals surface area contributed by atoms with Gasteiger partial charge in [-0.2, -0.15) is 0 Å². The first-order valence-electron chi connectivity index (χ1n) is 5.97. The second-order valence-electron chi connectivity index (χ2n) is 3.83. The Hall–Kier alpha value is -0.490. The molecule has 0 aliphatic heterocycles. The summed E-state index contributed by atoms with van der Waals surface area (Å²) in [4.78, 5) is 5.94. The molecule has 0 aliphatic carbocycles. The quantitative estimate of drug-likeness (QED) is 0.688. The molecule has 0 atom stereocenters. The standard InChI is InChI=1S/C12H22N2O2S/c1-4-5-10-11(8-13-6-7-15-2)17-12(14-10)9-16-3/h13H,4-9H2,1-3H3. The lowest BCUT2D eigenvalue weighted by molar-refractivity contribution is 0.184. The van der Waals surface area contributed by atoms with Gasteiger partial charge in [-0.05, 0) is 6.42 Å². The molecule has 0 spiro atoms. The zero-order valence-electron chi connectivity index (χ0n) is 10.9. The van der Waals surface area contributed by atoms with Crippen LogP contribution in [0.3, 0.4) is 0 Å². The largest absolute Gasteiger partial charge is 0.383 e. The van der Waals surface area contributed by atoms with E-state index < -0.39 is 0 Å². The molecule has 0 saturated heterocycles. The van der Waals surface area contributed by atoms with Gasteiger partial charge in [0.25, 0.3) is 0 Å². The molecule has 0 amide bonds. The Bertz CT molecular complexity index is 315. The van der Waals surface area contributed by atoms with Crippen molar-refractivity contribution in [1.82, 2.24) is 10.3 Å². The molecule has 98 valence electrons. The fourth-order valence-electron chi connectivity index (χ4n) is 1.57. The first-order chi connectivity index (χ1) is 8.31. The lowest BCUT2D eigenvalue weighted by atomic mass is 10.2. The minimum absolute atomic E-state index is 0.611. The molecule has 0 aliphatic rings. The maximum Gasteiger partial charge on any atom is 0.119 e. The molecule has 0 radical (unpaired) electrons. The van der Waals surface area contributed by atoms with Gasteiger partial charge in [-0.1, -0.05) is 13.3 Å². The maximum atomic E-state index is 5.12. The molecule has 17 heavy (non-hydrogen) atoms. The predicted octanol–water partition coefficient (Wildman–Crippen LogP) is 1.98. The molecular formula is C12H22N2O2S. The molecule has 0 saturated carbocycles. The van der Waals surface area contributed by atoms with Crippen LogP contribution >= 0.6 is 11.3 Å². The van der Waals surface area contributed by atoms with E-state index >= 15 is 0 Å². The van der Waals surface area contributed by atoms with Crippen molar-refractivity contribution >= 4 is 11.3 Å². The summed E-state index contributed by atoms with van der Waals surface area (Å²) in [6.07, 6.45) is 2.17. The summed E-state index contributed by atoms with van der Waals surface area (Å²) in [5.41, 5.74) is 1.22. The molecule has 1 rings (SSSR count). The number of rotatable bonds is 9. The Kier molecular flexibility index (Phi) is 7.35. The van der Waals surface area contributed by atoms with Crippen LogP contribution < -0.4 is 5.32 Å². The highest BCUT2D eigenvalue weighted by Crippen LogP contribution is 2.20. The van der Waals surface area contributed by atoms with Gasteiger partial charge in [0.2, 0.25) is 0 Å². The monoisotopic (exact) mass is 258 g/mol. The van der Waals surface area contributed by atoms with E-state index in [1.807, 2.05) is 0 Å². The molecule has 0 unspecified atom stereocenters. The molecular weight excluding hydrogens is 236 g/mol. The Labute approximate surface area is 107 Å². The van der Waals surface area contributed by atoms with E-state index in [9.17, 15) is 0 Å². The predicted molar refractivity (Wildman–Crippen MR) is 70.4 cm³/mol. The third-order valence-electron chi connectivity index (χ3n) is 2.35. The van der Waals surface area contributed by atoms with E-state index in [4.69, 9.17) is 9.47 Å². The molecule has 0 bridgehead atoms. The Balaban J connectivity index is 2.54. The van der Waals surface area contributed by atoms with Crippen molar-refractivity contribution in [2.45, 2.75) is 32.9 Å². The van der Waals surface area contributed by atoms with Crippen molar-refractivity contribution < 1.29 is 9.47 Å². The van der Waals surface area contributed by atoms with Crippen LogP contribution in [0.15, 0.2) is 0 Å². The molecule has 1 aromatic rings. The molecule has 1 heterocycles. The third-order valence-corrected chi connectivity index (χ3v) is 3.42. The van der Waals surface area contributed by atoms with Crippen molar-refractivity contribution in [3.8, 4) is 0 Å². The number of nitrogens with one attached hydrogen (secondary N) is 1. The van der Waals surface area contributed by atoms with E-state index in [0.717, 1.165) is 37.5 Å². The van der Waals surface area contributed by atoms with Crippen LogP contribution in [0.2, 0.25) is 0 Å². The van der Waals surface area contributed by atoms with Gasteiger partial charge in [-0.15, -0.1) is 11.3 Å². The van der Waals surface area contributed by atoms with Crippen LogP contribution in [0.1, 0.15) is 28.9 Å². The lowest BCUT2D eigenvalue weighted by Gasteiger charge is -2.03. The van der Waals surface area contributed by atoms with Gasteiger partial charge in [0.1, 0.15) is 5.01 Å². The van der Waals surface area contributed by atoms with Gasteiger partial charge < -0.3 is 14.8 Å². The first kappa shape index (κ1) is 14.6. The SMILES string of the molecule is CCCc1nc(COC)sc1CNCCOC. The van der Waals surface area contributed by atoms with Gasteiger partial charge in [0, 0.05) is 32.2 Å². The minimum Gasteiger partial charge on any atom is -0.383 e. The van der Waals surface area contributed by atoms with E-state index in [0.29, 0.717) is 6.61 Å². The van der Waals surface area contributed by atoms with Crippen LogP contribution in [-0.2, 0) is 29.0 Å². The van der Waals surface area contributed by atoms with Crippen molar-refractivity contribution in [1.29, 1.82) is 0 Å². The number of aryl methyl sites for hydroxylation is 1. The fraction of sp³-hybridized carbons (Fsp3) is 0.750.